The average Bonchev–Trinajstić information content (AvgIpc) is 2.97. The standard InChI is InChI=1S/C20H26N2O6S2/c1-21(2)8-9-28-17(23)6-7-22-19(24)16(30-20(22)29)12-13-10-14(25-3)18(27-5)15(11-13)26-4/h10-12H,6-9H2,1-5H3/p+1. The SMILES string of the molecule is COc1cc(C=C2SC(=S)N(CCC(=O)OCC[NH+](C)C)C2=O)cc(OC)c1OC. The van der Waals surface area contributed by atoms with Crippen LogP contribution in [-0.4, -0.2) is 76.2 Å². The first kappa shape index (κ1) is 24.0. The molecule has 8 nitrogen and oxygen atoms in total. The monoisotopic (exact) mass is 455 g/mol. The molecule has 1 aromatic carbocycles. The molecule has 1 aliphatic heterocycles. The van der Waals surface area contributed by atoms with Gasteiger partial charge in [-0.1, -0.05) is 24.0 Å². The van der Waals surface area contributed by atoms with Gasteiger partial charge in [-0.15, -0.1) is 0 Å². The number of likely N-dealkylation sites (N-methyl/N-ethyl adjacent to an activating group) is 1. The average molecular weight is 456 g/mol. The van der Waals surface area contributed by atoms with Gasteiger partial charge < -0.3 is 23.8 Å². The van der Waals surface area contributed by atoms with Crippen LogP contribution in [-0.2, 0) is 14.3 Å². The Labute approximate surface area is 186 Å². The van der Waals surface area contributed by atoms with Crippen molar-refractivity contribution in [2.75, 3.05) is 55.1 Å². The number of methoxy groups -OCH3 is 3. The quantitative estimate of drug-likeness (QED) is 0.318. The first-order valence-corrected chi connectivity index (χ1v) is 10.5. The summed E-state index contributed by atoms with van der Waals surface area (Å²) in [6.07, 6.45) is 1.80. The molecule has 0 atom stereocenters. The second-order valence-electron chi connectivity index (χ2n) is 6.72. The summed E-state index contributed by atoms with van der Waals surface area (Å²) < 4.78 is 21.6. The van der Waals surface area contributed by atoms with E-state index in [0.717, 1.165) is 6.54 Å². The number of nitrogens with one attached hydrogen (secondary N) is 1. The van der Waals surface area contributed by atoms with Gasteiger partial charge in [0.15, 0.2) is 11.5 Å². The molecule has 0 saturated carbocycles. The molecule has 1 fully saturated rings. The van der Waals surface area contributed by atoms with E-state index in [2.05, 4.69) is 0 Å². The Balaban J connectivity index is 2.09. The molecule has 1 heterocycles. The van der Waals surface area contributed by atoms with E-state index in [-0.39, 0.29) is 24.8 Å². The molecule has 1 aromatic rings. The Hall–Kier alpha value is -2.30. The van der Waals surface area contributed by atoms with Gasteiger partial charge in [0.1, 0.15) is 17.5 Å². The number of amides is 1. The number of carbonyl (C=O) groups is 2. The van der Waals surface area contributed by atoms with Crippen LogP contribution in [0.15, 0.2) is 17.0 Å². The van der Waals surface area contributed by atoms with E-state index in [9.17, 15) is 9.59 Å². The molecule has 10 heteroatoms. The number of esters is 1. The van der Waals surface area contributed by atoms with Gasteiger partial charge in [-0.3, -0.25) is 14.5 Å². The Kier molecular flexibility index (Phi) is 8.94. The molecule has 1 amide bonds. The van der Waals surface area contributed by atoms with Gasteiger partial charge in [0.25, 0.3) is 5.91 Å². The van der Waals surface area contributed by atoms with Crippen molar-refractivity contribution in [3.05, 3.63) is 22.6 Å². The van der Waals surface area contributed by atoms with E-state index in [1.807, 2.05) is 14.1 Å². The summed E-state index contributed by atoms with van der Waals surface area (Å²) in [5, 5.41) is 0. The number of hydrogen-bond acceptors (Lipinski definition) is 8. The maximum atomic E-state index is 12.8. The highest BCUT2D eigenvalue weighted by atomic mass is 32.2. The fourth-order valence-electron chi connectivity index (χ4n) is 2.67. The molecule has 164 valence electrons. The van der Waals surface area contributed by atoms with Crippen molar-refractivity contribution in [1.29, 1.82) is 0 Å². The Morgan fingerprint density at radius 2 is 1.80 bits per heavy atom. The van der Waals surface area contributed by atoms with Crippen LogP contribution in [0.3, 0.4) is 0 Å². The summed E-state index contributed by atoms with van der Waals surface area (Å²) in [4.78, 5) is 27.7. The molecule has 0 aliphatic carbocycles. The first-order chi connectivity index (χ1) is 14.3. The van der Waals surface area contributed by atoms with Gasteiger partial charge in [0.05, 0.1) is 46.8 Å². The summed E-state index contributed by atoms with van der Waals surface area (Å²) >= 11 is 6.51. The number of ether oxygens (including phenoxy) is 4. The summed E-state index contributed by atoms with van der Waals surface area (Å²) in [7, 11) is 8.54. The zero-order chi connectivity index (χ0) is 22.3. The van der Waals surface area contributed by atoms with Crippen LogP contribution in [0.1, 0.15) is 12.0 Å². The van der Waals surface area contributed by atoms with Crippen LogP contribution in [0, 0.1) is 0 Å². The van der Waals surface area contributed by atoms with Crippen LogP contribution in [0.2, 0.25) is 0 Å². The lowest BCUT2D eigenvalue weighted by Gasteiger charge is -2.14. The summed E-state index contributed by atoms with van der Waals surface area (Å²) in [6, 6.07) is 3.50. The van der Waals surface area contributed by atoms with Crippen LogP contribution >= 0.6 is 24.0 Å². The highest BCUT2D eigenvalue weighted by Crippen LogP contribution is 2.40. The van der Waals surface area contributed by atoms with Gasteiger partial charge in [0.2, 0.25) is 5.75 Å². The molecule has 1 aliphatic rings. The van der Waals surface area contributed by atoms with Gasteiger partial charge in [-0.25, -0.2) is 0 Å². The van der Waals surface area contributed by atoms with E-state index in [1.165, 1.54) is 42.9 Å². The second kappa shape index (κ2) is 11.2. The van der Waals surface area contributed by atoms with Gasteiger partial charge in [0, 0.05) is 6.54 Å². The van der Waals surface area contributed by atoms with Crippen LogP contribution < -0.4 is 19.1 Å². The van der Waals surface area contributed by atoms with Crippen molar-refractivity contribution >= 4 is 46.3 Å². The molecule has 1 saturated heterocycles. The van der Waals surface area contributed by atoms with Crippen molar-refractivity contribution in [3.8, 4) is 17.2 Å². The van der Waals surface area contributed by atoms with Crippen molar-refractivity contribution < 1.29 is 33.4 Å². The lowest BCUT2D eigenvalue weighted by molar-refractivity contribution is -0.858. The maximum absolute atomic E-state index is 12.8. The third kappa shape index (κ3) is 6.10. The van der Waals surface area contributed by atoms with Crippen molar-refractivity contribution in [2.24, 2.45) is 0 Å². The van der Waals surface area contributed by atoms with Crippen molar-refractivity contribution in [2.45, 2.75) is 6.42 Å². The van der Waals surface area contributed by atoms with Crippen LogP contribution in [0.25, 0.3) is 6.08 Å². The molecule has 0 spiro atoms. The molecule has 0 aromatic heterocycles. The lowest BCUT2D eigenvalue weighted by Crippen LogP contribution is -3.06. The molecule has 0 unspecified atom stereocenters. The maximum Gasteiger partial charge on any atom is 0.307 e. The molecule has 2 rings (SSSR count). The minimum atomic E-state index is -0.348. The molecule has 1 N–H and O–H groups in total. The number of carbonyl (C=O) groups excluding carboxylic acids is 2. The molecule has 0 bridgehead atoms. The predicted octanol–water partition coefficient (Wildman–Crippen LogP) is 0.991. The Bertz CT molecular complexity index is 816. The van der Waals surface area contributed by atoms with E-state index in [1.54, 1.807) is 18.2 Å². The fraction of sp³-hybridized carbons (Fsp3) is 0.450. The molecular formula is C20H27N2O6S2+. The highest BCUT2D eigenvalue weighted by molar-refractivity contribution is 8.26. The lowest BCUT2D eigenvalue weighted by atomic mass is 10.1. The van der Waals surface area contributed by atoms with Gasteiger partial charge in [-0.05, 0) is 23.8 Å². The molecule has 30 heavy (non-hydrogen) atoms. The third-order valence-corrected chi connectivity index (χ3v) is 5.64. The normalized spacial score (nSPS) is 15.1. The smallest absolute Gasteiger partial charge is 0.307 e. The number of benzene rings is 1. The second-order valence-corrected chi connectivity index (χ2v) is 8.40. The fourth-order valence-corrected chi connectivity index (χ4v) is 3.98. The van der Waals surface area contributed by atoms with Crippen LogP contribution in [0.4, 0.5) is 0 Å². The van der Waals surface area contributed by atoms with E-state index >= 15 is 0 Å². The highest BCUT2D eigenvalue weighted by Gasteiger charge is 2.32. The van der Waals surface area contributed by atoms with Crippen molar-refractivity contribution in [1.82, 2.24) is 4.90 Å². The Morgan fingerprint density at radius 3 is 2.33 bits per heavy atom. The number of thiocarbonyl (C=S) groups is 1. The largest absolute Gasteiger partial charge is 0.493 e. The number of quaternary nitrogens is 1. The van der Waals surface area contributed by atoms with E-state index < -0.39 is 0 Å². The number of nitrogens with zero attached hydrogens (tertiary/aromatic N) is 1. The number of hydrogen-bond donors (Lipinski definition) is 1. The van der Waals surface area contributed by atoms with Gasteiger partial charge in [-0.2, -0.15) is 0 Å². The third-order valence-electron chi connectivity index (χ3n) is 4.26. The summed E-state index contributed by atoms with van der Waals surface area (Å²) in [5.74, 6) is 0.851. The summed E-state index contributed by atoms with van der Waals surface area (Å²) in [6.45, 7) is 1.26. The zero-order valence-electron chi connectivity index (χ0n) is 17.8. The minimum absolute atomic E-state index is 0.0899. The number of thioether (sulfide) groups is 1. The summed E-state index contributed by atoms with van der Waals surface area (Å²) in [5.41, 5.74) is 0.704. The van der Waals surface area contributed by atoms with E-state index in [4.69, 9.17) is 31.2 Å². The predicted molar refractivity (Wildman–Crippen MR) is 119 cm³/mol. The van der Waals surface area contributed by atoms with E-state index in [0.29, 0.717) is 38.6 Å². The zero-order valence-corrected chi connectivity index (χ0v) is 19.4. The molecule has 0 radical (unpaired) electrons. The minimum Gasteiger partial charge on any atom is -0.493 e. The van der Waals surface area contributed by atoms with Crippen molar-refractivity contribution in [3.63, 3.8) is 0 Å². The topological polar surface area (TPSA) is 78.7 Å². The van der Waals surface area contributed by atoms with Crippen LogP contribution in [0.5, 0.6) is 17.2 Å². The molecular weight excluding hydrogens is 428 g/mol. The van der Waals surface area contributed by atoms with Gasteiger partial charge >= 0.3 is 5.97 Å². The number of rotatable bonds is 10. The first-order valence-electron chi connectivity index (χ1n) is 9.30. The Morgan fingerprint density at radius 1 is 1.17 bits per heavy atom.